The number of allylic oxidation sites excluding steroid dienone is 3. The summed E-state index contributed by atoms with van der Waals surface area (Å²) in [5.74, 6) is -1.54. The molecule has 2 N–H and O–H groups in total. The molecule has 6 heteroatoms. The fourth-order valence-corrected chi connectivity index (χ4v) is 4.05. The lowest BCUT2D eigenvalue weighted by atomic mass is 9.64. The molecule has 3 aliphatic rings. The van der Waals surface area contributed by atoms with Gasteiger partial charge in [-0.1, -0.05) is 31.2 Å². The number of Topliss-reactive ketones (excluding diaryl/α,β-unsaturated/α-hetero) is 3. The van der Waals surface area contributed by atoms with Crippen molar-refractivity contribution in [2.24, 2.45) is 17.1 Å². The largest absolute Gasteiger partial charge is 0.444 e. The molecule has 25 heavy (non-hydrogen) atoms. The van der Waals surface area contributed by atoms with Crippen LogP contribution in [0.4, 0.5) is 0 Å². The Morgan fingerprint density at radius 2 is 1.76 bits per heavy atom. The molecule has 6 nitrogen and oxygen atoms in total. The maximum atomic E-state index is 13.3. The molecule has 0 saturated carbocycles. The summed E-state index contributed by atoms with van der Waals surface area (Å²) in [5.41, 5.74) is 3.99. The first-order valence-corrected chi connectivity index (χ1v) is 7.96. The van der Waals surface area contributed by atoms with E-state index in [1.165, 1.54) is 12.1 Å². The van der Waals surface area contributed by atoms with E-state index in [4.69, 9.17) is 10.5 Å². The van der Waals surface area contributed by atoms with Crippen LogP contribution in [0.1, 0.15) is 40.5 Å². The van der Waals surface area contributed by atoms with Gasteiger partial charge in [-0.25, -0.2) is 0 Å². The number of hydrogen-bond acceptors (Lipinski definition) is 6. The van der Waals surface area contributed by atoms with Crippen LogP contribution in [0, 0.1) is 22.7 Å². The minimum atomic E-state index is -1.99. The topological polar surface area (TPSA) is 110 Å². The molecule has 1 unspecified atom stereocenters. The van der Waals surface area contributed by atoms with Crippen molar-refractivity contribution < 1.29 is 19.1 Å². The first kappa shape index (κ1) is 15.3. The van der Waals surface area contributed by atoms with Crippen molar-refractivity contribution in [3.05, 3.63) is 58.2 Å². The Morgan fingerprint density at radius 1 is 1.16 bits per heavy atom. The van der Waals surface area contributed by atoms with E-state index in [1.54, 1.807) is 12.1 Å². The predicted octanol–water partition coefficient (Wildman–Crippen LogP) is 2.03. The van der Waals surface area contributed by atoms with Crippen LogP contribution in [0.5, 0.6) is 0 Å². The number of nitrogens with two attached hydrogens (primary N) is 1. The van der Waals surface area contributed by atoms with Gasteiger partial charge in [-0.05, 0) is 5.92 Å². The van der Waals surface area contributed by atoms with Gasteiger partial charge in [0.1, 0.15) is 17.4 Å². The fraction of sp³-hybridized carbons (Fsp3) is 0.263. The molecule has 1 aliphatic heterocycles. The van der Waals surface area contributed by atoms with Gasteiger partial charge in [-0.15, -0.1) is 0 Å². The van der Waals surface area contributed by atoms with Gasteiger partial charge in [0.15, 0.2) is 22.8 Å². The number of nitrogens with zero attached hydrogens (tertiary/aromatic N) is 1. The Hall–Kier alpha value is -3.20. The molecular weight excluding hydrogens is 320 g/mol. The predicted molar refractivity (Wildman–Crippen MR) is 85.9 cm³/mol. The van der Waals surface area contributed by atoms with E-state index >= 15 is 0 Å². The van der Waals surface area contributed by atoms with E-state index in [-0.39, 0.29) is 52.0 Å². The summed E-state index contributed by atoms with van der Waals surface area (Å²) in [6, 6.07) is 8.19. The smallest absolute Gasteiger partial charge is 0.206 e. The van der Waals surface area contributed by atoms with Gasteiger partial charge < -0.3 is 10.5 Å². The molecule has 1 aromatic carbocycles. The second kappa shape index (κ2) is 4.90. The number of ether oxygens (including phenoxy) is 1. The molecule has 2 aliphatic carbocycles. The zero-order chi connectivity index (χ0) is 17.9. The molecule has 0 saturated heterocycles. The summed E-state index contributed by atoms with van der Waals surface area (Å²) < 4.78 is 5.51. The zero-order valence-corrected chi connectivity index (χ0v) is 13.5. The molecule has 0 amide bonds. The minimum absolute atomic E-state index is 0.00807. The SMILES string of the molecule is CC1CC(=O)C2=C(C1)OC(N)=C(C#N)C21C(=O)c2ccccc2C1=O. The van der Waals surface area contributed by atoms with Crippen LogP contribution in [0.15, 0.2) is 47.1 Å². The summed E-state index contributed by atoms with van der Waals surface area (Å²) in [5, 5.41) is 9.62. The standard InChI is InChI=1S/C19H14N2O4/c1-9-6-13(22)15-14(7-9)25-18(21)12(8-20)19(15)16(23)10-4-2-3-5-11(10)17(19)24/h2-5,9H,6-7,21H2,1H3. The van der Waals surface area contributed by atoms with E-state index in [0.29, 0.717) is 6.42 Å². The van der Waals surface area contributed by atoms with E-state index < -0.39 is 17.0 Å². The summed E-state index contributed by atoms with van der Waals surface area (Å²) in [6.45, 7) is 1.88. The summed E-state index contributed by atoms with van der Waals surface area (Å²) in [6.07, 6.45) is 0.582. The molecule has 4 rings (SSSR count). The van der Waals surface area contributed by atoms with Crippen molar-refractivity contribution in [3.63, 3.8) is 0 Å². The maximum absolute atomic E-state index is 13.3. The Bertz CT molecular complexity index is 942. The van der Waals surface area contributed by atoms with Crippen molar-refractivity contribution in [2.75, 3.05) is 0 Å². The summed E-state index contributed by atoms with van der Waals surface area (Å²) in [7, 11) is 0. The Morgan fingerprint density at radius 3 is 2.32 bits per heavy atom. The average Bonchev–Trinajstić information content (AvgIpc) is 2.78. The molecule has 0 radical (unpaired) electrons. The highest BCUT2D eigenvalue weighted by Crippen LogP contribution is 2.54. The molecule has 1 atom stereocenters. The molecule has 0 bridgehead atoms. The summed E-state index contributed by atoms with van der Waals surface area (Å²) in [4.78, 5) is 39.3. The number of ketones is 3. The molecule has 0 fully saturated rings. The fourth-order valence-electron chi connectivity index (χ4n) is 4.05. The first-order valence-electron chi connectivity index (χ1n) is 7.96. The number of carbonyl (C=O) groups is 3. The van der Waals surface area contributed by atoms with E-state index in [1.807, 2.05) is 13.0 Å². The minimum Gasteiger partial charge on any atom is -0.444 e. The van der Waals surface area contributed by atoms with Gasteiger partial charge in [0.25, 0.3) is 0 Å². The first-order chi connectivity index (χ1) is 11.9. The molecule has 0 aromatic heterocycles. The highest BCUT2D eigenvalue weighted by Gasteiger charge is 2.64. The quantitative estimate of drug-likeness (QED) is 0.727. The van der Waals surface area contributed by atoms with Gasteiger partial charge in [-0.3, -0.25) is 14.4 Å². The normalized spacial score (nSPS) is 24.2. The molecule has 1 aromatic rings. The highest BCUT2D eigenvalue weighted by atomic mass is 16.5. The molecular formula is C19H14N2O4. The van der Waals surface area contributed by atoms with Gasteiger partial charge in [-0.2, -0.15) is 5.26 Å². The van der Waals surface area contributed by atoms with Crippen LogP contribution in [0.2, 0.25) is 0 Å². The van der Waals surface area contributed by atoms with Crippen LogP contribution in [-0.4, -0.2) is 17.3 Å². The average molecular weight is 334 g/mol. The zero-order valence-electron chi connectivity index (χ0n) is 13.5. The molecule has 1 spiro atoms. The summed E-state index contributed by atoms with van der Waals surface area (Å²) >= 11 is 0. The number of rotatable bonds is 0. The maximum Gasteiger partial charge on any atom is 0.206 e. The van der Waals surface area contributed by atoms with Crippen molar-refractivity contribution in [1.29, 1.82) is 5.26 Å². The third-order valence-electron chi connectivity index (χ3n) is 5.06. The number of carbonyl (C=O) groups excluding carboxylic acids is 3. The Kier molecular flexibility index (Phi) is 3.00. The van der Waals surface area contributed by atoms with Crippen LogP contribution in [0.3, 0.4) is 0 Å². The van der Waals surface area contributed by atoms with Crippen LogP contribution in [0.25, 0.3) is 0 Å². The van der Waals surface area contributed by atoms with E-state index in [0.717, 1.165) is 0 Å². The van der Waals surface area contributed by atoms with E-state index in [2.05, 4.69) is 0 Å². The van der Waals surface area contributed by atoms with Gasteiger partial charge in [0.05, 0.1) is 5.57 Å². The van der Waals surface area contributed by atoms with Crippen LogP contribution < -0.4 is 5.73 Å². The van der Waals surface area contributed by atoms with Crippen molar-refractivity contribution in [2.45, 2.75) is 19.8 Å². The van der Waals surface area contributed by atoms with Gasteiger partial charge in [0.2, 0.25) is 5.88 Å². The van der Waals surface area contributed by atoms with Crippen molar-refractivity contribution in [3.8, 4) is 6.07 Å². The third-order valence-corrected chi connectivity index (χ3v) is 5.06. The molecule has 1 heterocycles. The van der Waals surface area contributed by atoms with Crippen molar-refractivity contribution in [1.82, 2.24) is 0 Å². The lowest BCUT2D eigenvalue weighted by molar-refractivity contribution is -0.118. The number of benzene rings is 1. The van der Waals surface area contributed by atoms with Gasteiger partial charge in [0, 0.05) is 24.0 Å². The lowest BCUT2D eigenvalue weighted by Crippen LogP contribution is -2.46. The Labute approximate surface area is 143 Å². The number of hydrogen-bond donors (Lipinski definition) is 1. The van der Waals surface area contributed by atoms with Crippen LogP contribution in [-0.2, 0) is 9.53 Å². The third kappa shape index (κ3) is 1.70. The van der Waals surface area contributed by atoms with Gasteiger partial charge >= 0.3 is 0 Å². The Balaban J connectivity index is 2.08. The van der Waals surface area contributed by atoms with Crippen LogP contribution >= 0.6 is 0 Å². The number of fused-ring (bicyclic) bond motifs is 2. The van der Waals surface area contributed by atoms with Crippen molar-refractivity contribution >= 4 is 17.3 Å². The van der Waals surface area contributed by atoms with E-state index in [9.17, 15) is 19.6 Å². The monoisotopic (exact) mass is 334 g/mol. The number of nitriles is 1. The second-order valence-corrected chi connectivity index (χ2v) is 6.64. The second-order valence-electron chi connectivity index (χ2n) is 6.64. The lowest BCUT2D eigenvalue weighted by Gasteiger charge is -2.37. The highest BCUT2D eigenvalue weighted by molar-refractivity contribution is 6.36. The molecule has 124 valence electrons.